The minimum absolute atomic E-state index is 0. The molecule has 0 amide bonds. The third-order valence-corrected chi connectivity index (χ3v) is 3.20. The number of esters is 2. The van der Waals surface area contributed by atoms with Crippen LogP contribution >= 0.6 is 0 Å². The zero-order valence-corrected chi connectivity index (χ0v) is 12.7. The van der Waals surface area contributed by atoms with E-state index in [0.29, 0.717) is 12.8 Å². The molecule has 4 heteroatoms. The van der Waals surface area contributed by atoms with Crippen LogP contribution in [0.3, 0.4) is 0 Å². The molecule has 0 atom stereocenters. The molecule has 20 heavy (non-hydrogen) atoms. The van der Waals surface area contributed by atoms with E-state index < -0.39 is 0 Å². The molecule has 3 nitrogen and oxygen atoms in total. The van der Waals surface area contributed by atoms with Crippen molar-refractivity contribution < 1.29 is 14.3 Å². The van der Waals surface area contributed by atoms with Crippen molar-refractivity contribution in [2.24, 2.45) is 0 Å². The van der Waals surface area contributed by atoms with Gasteiger partial charge in [0, 0.05) is 12.8 Å². The van der Waals surface area contributed by atoms with Crippen LogP contribution in [-0.4, -0.2) is 41.5 Å². The van der Waals surface area contributed by atoms with E-state index in [-0.39, 0.29) is 41.5 Å². The van der Waals surface area contributed by atoms with Crippen LogP contribution in [0.4, 0.5) is 0 Å². The Morgan fingerprint density at radius 1 is 0.650 bits per heavy atom. The van der Waals surface area contributed by atoms with Crippen LogP contribution < -0.4 is 0 Å². The van der Waals surface area contributed by atoms with E-state index in [0.717, 1.165) is 38.5 Å². The molecule has 0 aromatic carbocycles. The van der Waals surface area contributed by atoms with Crippen LogP contribution in [0.2, 0.25) is 0 Å². The van der Waals surface area contributed by atoms with Crippen LogP contribution in [0.5, 0.6) is 0 Å². The molecule has 0 heterocycles. The third kappa shape index (κ3) is 16.2. The molecule has 0 aliphatic heterocycles. The van der Waals surface area contributed by atoms with Crippen molar-refractivity contribution in [3.63, 3.8) is 0 Å². The van der Waals surface area contributed by atoms with Gasteiger partial charge in [0.15, 0.2) is 0 Å². The minimum atomic E-state index is -0.352. The summed E-state index contributed by atoms with van der Waals surface area (Å²) in [6.45, 7) is 4.32. The molecule has 0 radical (unpaired) electrons. The number of unbranched alkanes of at least 4 members (excludes halogenated alkanes) is 8. The summed E-state index contributed by atoms with van der Waals surface area (Å²) in [6.07, 6.45) is 11.7. The first-order chi connectivity index (χ1) is 9.20. The number of ether oxygens (including phenoxy) is 1. The second-order valence-corrected chi connectivity index (χ2v) is 5.17. The first-order valence-electron chi connectivity index (χ1n) is 7.94. The molecule has 0 rings (SSSR count). The fraction of sp³-hybridized carbons (Fsp3) is 0.875. The van der Waals surface area contributed by atoms with Crippen molar-refractivity contribution in [1.82, 2.24) is 0 Å². The predicted molar refractivity (Wildman–Crippen MR) is 85.0 cm³/mol. The van der Waals surface area contributed by atoms with Gasteiger partial charge in [-0.05, 0) is 12.8 Å². The molecule has 0 saturated carbocycles. The van der Waals surface area contributed by atoms with Crippen LogP contribution in [0.15, 0.2) is 0 Å². The number of rotatable bonds is 12. The summed E-state index contributed by atoms with van der Waals surface area (Å²) in [5.74, 6) is -0.704. The van der Waals surface area contributed by atoms with Gasteiger partial charge in [-0.25, -0.2) is 0 Å². The summed E-state index contributed by atoms with van der Waals surface area (Å²) < 4.78 is 4.79. The molecule has 0 N–H and O–H groups in total. The van der Waals surface area contributed by atoms with E-state index in [1.165, 1.54) is 25.7 Å². The van der Waals surface area contributed by atoms with E-state index in [1.54, 1.807) is 0 Å². The summed E-state index contributed by atoms with van der Waals surface area (Å²) >= 11 is 0. The van der Waals surface area contributed by atoms with Crippen molar-refractivity contribution in [2.75, 3.05) is 0 Å². The summed E-state index contributed by atoms with van der Waals surface area (Å²) in [5.41, 5.74) is 0. The molecule has 0 fully saturated rings. The van der Waals surface area contributed by atoms with Crippen LogP contribution in [0.1, 0.15) is 90.9 Å². The van der Waals surface area contributed by atoms with Crippen molar-refractivity contribution in [3.8, 4) is 0 Å². The normalized spacial score (nSPS) is 9.90. The molecule has 0 unspecified atom stereocenters. The standard InChI is InChI=1S/C16H30O3.Na.H/c1-3-5-7-9-11-13-15(17)19-16(18)14-12-10-8-6-4-2;;/h3-14H2,1-2H3;;. The van der Waals surface area contributed by atoms with Gasteiger partial charge in [0.2, 0.25) is 0 Å². The Kier molecular flexibility index (Phi) is 19.3. The Labute approximate surface area is 146 Å². The van der Waals surface area contributed by atoms with Crippen molar-refractivity contribution in [3.05, 3.63) is 0 Å². The number of carbonyl (C=O) groups excluding carboxylic acids is 2. The van der Waals surface area contributed by atoms with Gasteiger partial charge in [0.1, 0.15) is 0 Å². The first-order valence-corrected chi connectivity index (χ1v) is 7.94. The molecule has 0 spiro atoms. The van der Waals surface area contributed by atoms with Gasteiger partial charge >= 0.3 is 41.5 Å². The Bertz CT molecular complexity index is 218. The number of carbonyl (C=O) groups is 2. The zero-order valence-electron chi connectivity index (χ0n) is 12.7. The number of hydrogen-bond donors (Lipinski definition) is 0. The summed E-state index contributed by atoms with van der Waals surface area (Å²) in [6, 6.07) is 0. The average molecular weight is 294 g/mol. The van der Waals surface area contributed by atoms with Gasteiger partial charge in [0.05, 0.1) is 0 Å². The maximum absolute atomic E-state index is 11.4. The van der Waals surface area contributed by atoms with E-state index in [9.17, 15) is 9.59 Å². The van der Waals surface area contributed by atoms with Crippen LogP contribution in [0.25, 0.3) is 0 Å². The maximum atomic E-state index is 11.4. The van der Waals surface area contributed by atoms with Gasteiger partial charge in [0.25, 0.3) is 0 Å². The summed E-state index contributed by atoms with van der Waals surface area (Å²) in [4.78, 5) is 22.8. The molecule has 0 saturated heterocycles. The summed E-state index contributed by atoms with van der Waals surface area (Å²) in [7, 11) is 0. The topological polar surface area (TPSA) is 43.4 Å². The Morgan fingerprint density at radius 3 is 1.35 bits per heavy atom. The van der Waals surface area contributed by atoms with E-state index >= 15 is 0 Å². The molecule has 0 aromatic heterocycles. The Balaban J connectivity index is 0. The van der Waals surface area contributed by atoms with Gasteiger partial charge in [-0.15, -0.1) is 0 Å². The second kappa shape index (κ2) is 17.2. The van der Waals surface area contributed by atoms with Crippen LogP contribution in [-0.2, 0) is 14.3 Å². The Hall–Kier alpha value is 0.140. The summed E-state index contributed by atoms with van der Waals surface area (Å²) in [5, 5.41) is 0. The van der Waals surface area contributed by atoms with Crippen molar-refractivity contribution in [1.29, 1.82) is 0 Å². The van der Waals surface area contributed by atoms with Gasteiger partial charge in [-0.1, -0.05) is 65.2 Å². The van der Waals surface area contributed by atoms with Gasteiger partial charge in [-0.3, -0.25) is 9.59 Å². The molecule has 0 bridgehead atoms. The molecular formula is C16H31NaO3. The van der Waals surface area contributed by atoms with E-state index in [1.807, 2.05) is 0 Å². The molecule has 0 aromatic rings. The van der Waals surface area contributed by atoms with E-state index in [4.69, 9.17) is 4.74 Å². The predicted octanol–water partition coefficient (Wildman–Crippen LogP) is 4.13. The van der Waals surface area contributed by atoms with Crippen LogP contribution in [0, 0.1) is 0 Å². The molecular weight excluding hydrogens is 263 g/mol. The van der Waals surface area contributed by atoms with Gasteiger partial charge < -0.3 is 4.74 Å². The van der Waals surface area contributed by atoms with Crippen molar-refractivity contribution >= 4 is 41.5 Å². The fourth-order valence-corrected chi connectivity index (χ4v) is 1.97. The van der Waals surface area contributed by atoms with Crippen molar-refractivity contribution in [2.45, 2.75) is 90.9 Å². The average Bonchev–Trinajstić information content (AvgIpc) is 2.38. The third-order valence-electron chi connectivity index (χ3n) is 3.20. The molecule has 0 aliphatic carbocycles. The van der Waals surface area contributed by atoms with Gasteiger partial charge in [-0.2, -0.15) is 0 Å². The Morgan fingerprint density at radius 2 is 1.00 bits per heavy atom. The fourth-order valence-electron chi connectivity index (χ4n) is 1.97. The quantitative estimate of drug-likeness (QED) is 0.235. The molecule has 114 valence electrons. The molecule has 0 aliphatic rings. The van der Waals surface area contributed by atoms with E-state index in [2.05, 4.69) is 13.8 Å². The zero-order chi connectivity index (χ0) is 14.3. The monoisotopic (exact) mass is 294 g/mol. The first kappa shape index (κ1) is 22.4. The SMILES string of the molecule is CCCCCCCC(=O)OC(=O)CCCCCCC.[NaH]. The number of hydrogen-bond acceptors (Lipinski definition) is 3. The second-order valence-electron chi connectivity index (χ2n) is 5.17.